The second kappa shape index (κ2) is 6.23. The zero-order valence-corrected chi connectivity index (χ0v) is 8.33. The summed E-state index contributed by atoms with van der Waals surface area (Å²) in [7, 11) is 0. The summed E-state index contributed by atoms with van der Waals surface area (Å²) in [6.07, 6.45) is -1.06. The topological polar surface area (TPSA) is 75.3 Å². The Morgan fingerprint density at radius 2 is 2.00 bits per heavy atom. The number of carboxylic acid groups (broad SMARTS) is 1. The summed E-state index contributed by atoms with van der Waals surface area (Å²) in [5.41, 5.74) is 6.31. The Kier molecular flexibility index (Phi) is 5.67. The summed E-state index contributed by atoms with van der Waals surface area (Å²) in [6.45, 7) is 0.260. The van der Waals surface area contributed by atoms with E-state index in [1.165, 1.54) is 0 Å². The fourth-order valence-corrected chi connectivity index (χ4v) is 1.11. The number of benzene rings is 1. The van der Waals surface area contributed by atoms with E-state index >= 15 is 0 Å². The summed E-state index contributed by atoms with van der Waals surface area (Å²) in [5, 5.41) is 10.8. The first-order valence-electron chi connectivity index (χ1n) is 3.98. The molecular weight excluding hydrogens is 204 g/mol. The fraction of sp³-hybridized carbons (Fsp3) is 0.222. The van der Waals surface area contributed by atoms with Gasteiger partial charge in [0.2, 0.25) is 0 Å². The summed E-state index contributed by atoms with van der Waals surface area (Å²) in [6, 6.07) is 8.93. The minimum Gasteiger partial charge on any atom is -0.465 e. The SMILES string of the molecule is Cl.NCC(NC(=O)O)c1ccccc1. The number of hydrogen-bond donors (Lipinski definition) is 3. The number of amides is 1. The van der Waals surface area contributed by atoms with E-state index in [1.54, 1.807) is 0 Å². The number of nitrogens with one attached hydrogen (secondary N) is 1. The van der Waals surface area contributed by atoms with Crippen LogP contribution in [0, 0.1) is 0 Å². The molecule has 1 aromatic carbocycles. The third-order valence-corrected chi connectivity index (χ3v) is 1.74. The predicted octanol–water partition coefficient (Wildman–Crippen LogP) is 1.38. The average molecular weight is 217 g/mol. The van der Waals surface area contributed by atoms with Crippen LogP contribution >= 0.6 is 12.4 Å². The second-order valence-corrected chi connectivity index (χ2v) is 2.65. The Morgan fingerprint density at radius 3 is 2.43 bits per heavy atom. The molecule has 0 radical (unpaired) electrons. The minimum atomic E-state index is -1.06. The molecule has 0 aliphatic carbocycles. The molecule has 0 heterocycles. The molecule has 5 heteroatoms. The largest absolute Gasteiger partial charge is 0.465 e. The van der Waals surface area contributed by atoms with Crippen LogP contribution in [0.3, 0.4) is 0 Å². The molecule has 0 saturated carbocycles. The van der Waals surface area contributed by atoms with Gasteiger partial charge >= 0.3 is 6.09 Å². The Balaban J connectivity index is 0.00000169. The number of carbonyl (C=O) groups is 1. The van der Waals surface area contributed by atoms with Crippen LogP contribution in [0.15, 0.2) is 30.3 Å². The Bertz CT molecular complexity index is 279. The van der Waals surface area contributed by atoms with Crippen molar-refractivity contribution in [1.82, 2.24) is 5.32 Å². The van der Waals surface area contributed by atoms with Crippen LogP contribution in [0.2, 0.25) is 0 Å². The van der Waals surface area contributed by atoms with Gasteiger partial charge in [-0.1, -0.05) is 30.3 Å². The van der Waals surface area contributed by atoms with Crippen molar-refractivity contribution in [3.05, 3.63) is 35.9 Å². The van der Waals surface area contributed by atoms with E-state index in [4.69, 9.17) is 10.8 Å². The van der Waals surface area contributed by atoms with Crippen molar-refractivity contribution < 1.29 is 9.90 Å². The van der Waals surface area contributed by atoms with Crippen molar-refractivity contribution in [2.24, 2.45) is 5.73 Å². The first-order chi connectivity index (χ1) is 6.24. The normalized spacial score (nSPS) is 11.2. The molecule has 1 amide bonds. The van der Waals surface area contributed by atoms with Crippen LogP contribution in [-0.2, 0) is 0 Å². The van der Waals surface area contributed by atoms with Crippen molar-refractivity contribution >= 4 is 18.5 Å². The van der Waals surface area contributed by atoms with Gasteiger partial charge in [-0.05, 0) is 5.56 Å². The standard InChI is InChI=1S/C9H12N2O2.ClH/c10-6-8(11-9(12)13)7-4-2-1-3-5-7;/h1-5,8,11H,6,10H2,(H,12,13);1H. The van der Waals surface area contributed by atoms with Gasteiger partial charge in [0.05, 0.1) is 6.04 Å². The van der Waals surface area contributed by atoms with E-state index in [-0.39, 0.29) is 25.0 Å². The molecule has 78 valence electrons. The maximum absolute atomic E-state index is 10.4. The number of rotatable bonds is 3. The van der Waals surface area contributed by atoms with E-state index in [2.05, 4.69) is 5.32 Å². The molecule has 1 unspecified atom stereocenters. The van der Waals surface area contributed by atoms with Crippen molar-refractivity contribution in [3.63, 3.8) is 0 Å². The maximum atomic E-state index is 10.4. The molecule has 1 atom stereocenters. The van der Waals surface area contributed by atoms with Crippen LogP contribution in [0.5, 0.6) is 0 Å². The van der Waals surface area contributed by atoms with Crippen molar-refractivity contribution in [3.8, 4) is 0 Å². The lowest BCUT2D eigenvalue weighted by atomic mass is 10.1. The quantitative estimate of drug-likeness (QED) is 0.715. The van der Waals surface area contributed by atoms with Crippen LogP contribution in [0.25, 0.3) is 0 Å². The van der Waals surface area contributed by atoms with Crippen LogP contribution in [0.1, 0.15) is 11.6 Å². The van der Waals surface area contributed by atoms with Gasteiger partial charge in [-0.15, -0.1) is 12.4 Å². The smallest absolute Gasteiger partial charge is 0.405 e. The Hall–Kier alpha value is -1.26. The van der Waals surface area contributed by atoms with Gasteiger partial charge in [-0.3, -0.25) is 0 Å². The number of nitrogens with two attached hydrogens (primary N) is 1. The lowest BCUT2D eigenvalue weighted by molar-refractivity contribution is 0.190. The zero-order valence-electron chi connectivity index (χ0n) is 7.51. The third-order valence-electron chi connectivity index (χ3n) is 1.74. The van der Waals surface area contributed by atoms with E-state index in [0.717, 1.165) is 5.56 Å². The summed E-state index contributed by atoms with van der Waals surface area (Å²) < 4.78 is 0. The monoisotopic (exact) mass is 216 g/mol. The average Bonchev–Trinajstić information content (AvgIpc) is 2.15. The molecule has 0 aliphatic rings. The summed E-state index contributed by atoms with van der Waals surface area (Å²) in [4.78, 5) is 10.4. The van der Waals surface area contributed by atoms with E-state index < -0.39 is 6.09 Å². The third kappa shape index (κ3) is 3.64. The lowest BCUT2D eigenvalue weighted by Gasteiger charge is -2.14. The van der Waals surface area contributed by atoms with E-state index in [0.29, 0.717) is 0 Å². The first kappa shape index (κ1) is 12.7. The fourth-order valence-electron chi connectivity index (χ4n) is 1.11. The summed E-state index contributed by atoms with van der Waals surface area (Å²) >= 11 is 0. The van der Waals surface area contributed by atoms with Gasteiger partial charge in [0.15, 0.2) is 0 Å². The highest BCUT2D eigenvalue weighted by molar-refractivity contribution is 5.85. The van der Waals surface area contributed by atoms with Crippen molar-refractivity contribution in [2.75, 3.05) is 6.54 Å². The highest BCUT2D eigenvalue weighted by Gasteiger charge is 2.10. The van der Waals surface area contributed by atoms with Gasteiger partial charge in [-0.2, -0.15) is 0 Å². The molecule has 0 bridgehead atoms. The highest BCUT2D eigenvalue weighted by Crippen LogP contribution is 2.09. The Labute approximate surface area is 88.5 Å². The van der Waals surface area contributed by atoms with Gasteiger partial charge in [0, 0.05) is 6.54 Å². The lowest BCUT2D eigenvalue weighted by Crippen LogP contribution is -2.32. The zero-order chi connectivity index (χ0) is 9.68. The minimum absolute atomic E-state index is 0. The molecule has 1 rings (SSSR count). The molecule has 0 fully saturated rings. The summed E-state index contributed by atoms with van der Waals surface area (Å²) in [5.74, 6) is 0. The molecule has 0 aliphatic heterocycles. The molecule has 4 N–H and O–H groups in total. The molecular formula is C9H13ClN2O2. The number of hydrogen-bond acceptors (Lipinski definition) is 2. The van der Waals surface area contributed by atoms with Crippen LogP contribution in [0.4, 0.5) is 4.79 Å². The predicted molar refractivity (Wildman–Crippen MR) is 56.6 cm³/mol. The van der Waals surface area contributed by atoms with Crippen molar-refractivity contribution in [1.29, 1.82) is 0 Å². The molecule has 0 spiro atoms. The van der Waals surface area contributed by atoms with Gasteiger partial charge < -0.3 is 16.2 Å². The van der Waals surface area contributed by atoms with Gasteiger partial charge in [-0.25, -0.2) is 4.79 Å². The Morgan fingerprint density at radius 1 is 1.43 bits per heavy atom. The van der Waals surface area contributed by atoms with Crippen LogP contribution in [-0.4, -0.2) is 17.7 Å². The van der Waals surface area contributed by atoms with E-state index in [9.17, 15) is 4.79 Å². The molecule has 14 heavy (non-hydrogen) atoms. The van der Waals surface area contributed by atoms with Gasteiger partial charge in [0.25, 0.3) is 0 Å². The molecule has 1 aromatic rings. The van der Waals surface area contributed by atoms with Crippen molar-refractivity contribution in [2.45, 2.75) is 6.04 Å². The van der Waals surface area contributed by atoms with Gasteiger partial charge in [0.1, 0.15) is 0 Å². The molecule has 0 saturated heterocycles. The first-order valence-corrected chi connectivity index (χ1v) is 3.98. The highest BCUT2D eigenvalue weighted by atomic mass is 35.5. The number of halogens is 1. The van der Waals surface area contributed by atoms with E-state index in [1.807, 2.05) is 30.3 Å². The van der Waals surface area contributed by atoms with Crippen LogP contribution < -0.4 is 11.1 Å². The molecule has 0 aromatic heterocycles. The maximum Gasteiger partial charge on any atom is 0.405 e. The molecule has 4 nitrogen and oxygen atoms in total. The second-order valence-electron chi connectivity index (χ2n) is 2.65.